The molecule has 2 nitrogen and oxygen atoms in total. The van der Waals surface area contributed by atoms with E-state index in [1.807, 2.05) is 0 Å². The molecule has 2 heteroatoms. The van der Waals surface area contributed by atoms with Gasteiger partial charge in [0.2, 0.25) is 0 Å². The van der Waals surface area contributed by atoms with Crippen LogP contribution in [-0.2, 0) is 0 Å². The van der Waals surface area contributed by atoms with Crippen LogP contribution in [0, 0.1) is 40.4 Å². The summed E-state index contributed by atoms with van der Waals surface area (Å²) in [5.41, 5.74) is 0.706. The third-order valence-electron chi connectivity index (χ3n) is 9.01. The van der Waals surface area contributed by atoms with Crippen LogP contribution in [0.2, 0.25) is 0 Å². The van der Waals surface area contributed by atoms with Gasteiger partial charge in [-0.1, -0.05) is 19.9 Å². The molecule has 0 radical (unpaired) electrons. The van der Waals surface area contributed by atoms with Crippen molar-refractivity contribution in [3.8, 4) is 0 Å². The molecule has 4 aliphatic carbocycles. The number of aliphatic hydroxyl groups excluding tert-OH is 2. The molecule has 0 aromatic heterocycles. The maximum Gasteiger partial charge on any atom is 0.0577 e. The Balaban J connectivity index is 1.67. The van der Waals surface area contributed by atoms with Gasteiger partial charge in [0.15, 0.2) is 0 Å². The van der Waals surface area contributed by atoms with Crippen molar-refractivity contribution in [1.29, 1.82) is 0 Å². The standard InChI is InChI=1S/C21H34O2/c1-4-13-5-6-16-19-17(8-10-20(13,16)2)21(3)9-7-15(22)11-14(21)12-18(19)23/h4,13-19,22-23H,1,5-12H2,2-3H3/t13-,14-,15+,16-,17-,18+,19-,20+,21-/m0/s1. The van der Waals surface area contributed by atoms with Crippen LogP contribution in [0.25, 0.3) is 0 Å². The quantitative estimate of drug-likeness (QED) is 0.713. The average molecular weight is 319 g/mol. The van der Waals surface area contributed by atoms with Crippen molar-refractivity contribution in [3.05, 3.63) is 12.7 Å². The van der Waals surface area contributed by atoms with E-state index in [-0.39, 0.29) is 12.2 Å². The number of fused-ring (bicyclic) bond motifs is 5. The van der Waals surface area contributed by atoms with Gasteiger partial charge in [-0.3, -0.25) is 0 Å². The van der Waals surface area contributed by atoms with Gasteiger partial charge in [0, 0.05) is 0 Å². The van der Waals surface area contributed by atoms with Crippen molar-refractivity contribution in [2.75, 3.05) is 0 Å². The molecular weight excluding hydrogens is 284 g/mol. The second kappa shape index (κ2) is 5.33. The molecule has 0 unspecified atom stereocenters. The lowest BCUT2D eigenvalue weighted by Gasteiger charge is -2.62. The minimum atomic E-state index is -0.156. The van der Waals surface area contributed by atoms with Crippen LogP contribution in [0.4, 0.5) is 0 Å². The lowest BCUT2D eigenvalue weighted by molar-refractivity contribution is -0.170. The van der Waals surface area contributed by atoms with E-state index in [4.69, 9.17) is 0 Å². The molecule has 9 atom stereocenters. The fraction of sp³-hybridized carbons (Fsp3) is 0.905. The van der Waals surface area contributed by atoms with Crippen molar-refractivity contribution in [2.45, 2.75) is 77.4 Å². The summed E-state index contributed by atoms with van der Waals surface area (Å²) in [5.74, 6) is 2.97. The lowest BCUT2D eigenvalue weighted by Crippen LogP contribution is -2.58. The van der Waals surface area contributed by atoms with E-state index in [2.05, 4.69) is 26.5 Å². The van der Waals surface area contributed by atoms with Crippen molar-refractivity contribution < 1.29 is 10.2 Å². The predicted octanol–water partition coefficient (Wildman–Crippen LogP) is 4.16. The highest BCUT2D eigenvalue weighted by molar-refractivity contribution is 5.13. The van der Waals surface area contributed by atoms with Gasteiger partial charge in [-0.25, -0.2) is 0 Å². The first-order chi connectivity index (χ1) is 10.9. The van der Waals surface area contributed by atoms with E-state index >= 15 is 0 Å². The first-order valence-electron chi connectivity index (χ1n) is 9.89. The summed E-state index contributed by atoms with van der Waals surface area (Å²) in [6.07, 6.45) is 10.9. The third-order valence-corrected chi connectivity index (χ3v) is 9.01. The van der Waals surface area contributed by atoms with E-state index in [1.54, 1.807) is 0 Å². The van der Waals surface area contributed by atoms with E-state index in [0.29, 0.717) is 40.4 Å². The van der Waals surface area contributed by atoms with E-state index in [1.165, 1.54) is 25.7 Å². The molecule has 0 aromatic carbocycles. The normalized spacial score (nSPS) is 58.9. The Morgan fingerprint density at radius 2 is 1.61 bits per heavy atom. The van der Waals surface area contributed by atoms with Gasteiger partial charge < -0.3 is 10.2 Å². The van der Waals surface area contributed by atoms with Gasteiger partial charge in [0.1, 0.15) is 0 Å². The molecule has 4 aliphatic rings. The predicted molar refractivity (Wildman–Crippen MR) is 92.8 cm³/mol. The Morgan fingerprint density at radius 3 is 2.35 bits per heavy atom. The lowest BCUT2D eigenvalue weighted by atomic mass is 9.44. The Morgan fingerprint density at radius 1 is 0.913 bits per heavy atom. The molecule has 4 saturated carbocycles. The third kappa shape index (κ3) is 2.13. The number of hydrogen-bond donors (Lipinski definition) is 2. The SMILES string of the molecule is C=C[C@H]1CC[C@H]2[C@@H]3[C@H](O)C[C@@H]4C[C@H](O)CC[C@]4(C)[C@H]3CC[C@]12C. The Labute approximate surface area is 141 Å². The Bertz CT molecular complexity index is 488. The Hall–Kier alpha value is -0.340. The fourth-order valence-electron chi connectivity index (χ4n) is 7.63. The smallest absolute Gasteiger partial charge is 0.0577 e. The first-order valence-corrected chi connectivity index (χ1v) is 9.89. The first kappa shape index (κ1) is 16.1. The number of hydrogen-bond acceptors (Lipinski definition) is 2. The highest BCUT2D eigenvalue weighted by Gasteiger charge is 2.61. The van der Waals surface area contributed by atoms with Crippen molar-refractivity contribution >= 4 is 0 Å². The fourth-order valence-corrected chi connectivity index (χ4v) is 7.63. The van der Waals surface area contributed by atoms with Gasteiger partial charge in [-0.05, 0) is 91.8 Å². The van der Waals surface area contributed by atoms with Gasteiger partial charge >= 0.3 is 0 Å². The van der Waals surface area contributed by atoms with Crippen LogP contribution in [0.5, 0.6) is 0 Å². The molecule has 0 heterocycles. The van der Waals surface area contributed by atoms with Crippen molar-refractivity contribution in [3.63, 3.8) is 0 Å². The van der Waals surface area contributed by atoms with Crippen molar-refractivity contribution in [2.24, 2.45) is 40.4 Å². The number of aliphatic hydroxyl groups is 2. The number of allylic oxidation sites excluding steroid dienone is 1. The van der Waals surface area contributed by atoms with Crippen LogP contribution in [0.1, 0.15) is 65.2 Å². The van der Waals surface area contributed by atoms with Crippen LogP contribution >= 0.6 is 0 Å². The molecule has 0 aromatic rings. The zero-order valence-electron chi connectivity index (χ0n) is 14.9. The molecule has 0 spiro atoms. The Kier molecular flexibility index (Phi) is 3.74. The average Bonchev–Trinajstić information content (AvgIpc) is 2.85. The molecule has 23 heavy (non-hydrogen) atoms. The molecule has 4 rings (SSSR count). The zero-order valence-corrected chi connectivity index (χ0v) is 14.9. The summed E-state index contributed by atoms with van der Waals surface area (Å²) < 4.78 is 0. The summed E-state index contributed by atoms with van der Waals surface area (Å²) >= 11 is 0. The highest BCUT2D eigenvalue weighted by Crippen LogP contribution is 2.67. The molecule has 2 N–H and O–H groups in total. The van der Waals surface area contributed by atoms with Gasteiger partial charge in [0.05, 0.1) is 12.2 Å². The topological polar surface area (TPSA) is 40.5 Å². The minimum Gasteiger partial charge on any atom is -0.393 e. The molecule has 0 saturated heterocycles. The van der Waals surface area contributed by atoms with E-state index in [9.17, 15) is 10.2 Å². The molecule has 130 valence electrons. The number of rotatable bonds is 1. The molecule has 0 bridgehead atoms. The van der Waals surface area contributed by atoms with Crippen LogP contribution < -0.4 is 0 Å². The van der Waals surface area contributed by atoms with Crippen LogP contribution in [0.3, 0.4) is 0 Å². The van der Waals surface area contributed by atoms with Crippen LogP contribution in [-0.4, -0.2) is 22.4 Å². The van der Waals surface area contributed by atoms with E-state index < -0.39 is 0 Å². The zero-order chi connectivity index (χ0) is 16.4. The molecule has 0 aliphatic heterocycles. The molecular formula is C21H34O2. The van der Waals surface area contributed by atoms with Crippen LogP contribution in [0.15, 0.2) is 12.7 Å². The van der Waals surface area contributed by atoms with Crippen molar-refractivity contribution in [1.82, 2.24) is 0 Å². The van der Waals surface area contributed by atoms with Gasteiger partial charge in [-0.2, -0.15) is 0 Å². The summed E-state index contributed by atoms with van der Waals surface area (Å²) in [6, 6.07) is 0. The van der Waals surface area contributed by atoms with Gasteiger partial charge in [0.25, 0.3) is 0 Å². The molecule has 4 fully saturated rings. The summed E-state index contributed by atoms with van der Waals surface area (Å²) in [7, 11) is 0. The summed E-state index contributed by atoms with van der Waals surface area (Å²) in [4.78, 5) is 0. The monoisotopic (exact) mass is 318 g/mol. The van der Waals surface area contributed by atoms with Gasteiger partial charge in [-0.15, -0.1) is 6.58 Å². The second-order valence-corrected chi connectivity index (χ2v) is 9.69. The van der Waals surface area contributed by atoms with E-state index in [0.717, 1.165) is 25.7 Å². The summed E-state index contributed by atoms with van der Waals surface area (Å²) in [5, 5.41) is 21.2. The second-order valence-electron chi connectivity index (χ2n) is 9.69. The summed E-state index contributed by atoms with van der Waals surface area (Å²) in [6.45, 7) is 9.05. The maximum absolute atomic E-state index is 11.1. The maximum atomic E-state index is 11.1. The molecule has 0 amide bonds. The largest absolute Gasteiger partial charge is 0.393 e. The highest BCUT2D eigenvalue weighted by atomic mass is 16.3. The minimum absolute atomic E-state index is 0.137.